The first kappa shape index (κ1) is 12.0. The van der Waals surface area contributed by atoms with Crippen LogP contribution in [0.5, 0.6) is 0 Å². The summed E-state index contributed by atoms with van der Waals surface area (Å²) in [7, 11) is 0. The first-order chi connectivity index (χ1) is 8.52. The highest BCUT2D eigenvalue weighted by molar-refractivity contribution is 5.96. The van der Waals surface area contributed by atoms with Gasteiger partial charge in [-0.15, -0.1) is 0 Å². The first-order valence-corrected chi connectivity index (χ1v) is 5.11. The second kappa shape index (κ2) is 4.44. The minimum Gasteiger partial charge on any atom is -0.478 e. The summed E-state index contributed by atoms with van der Waals surface area (Å²) in [6.07, 6.45) is 0.496. The molecule has 0 spiro atoms. The molecule has 0 aliphatic carbocycles. The SMILES string of the molecule is Cc1cc(F)c(C(=O)O)c(-c2ccc(C=O)o2)c1. The Labute approximate surface area is 102 Å². The number of carbonyl (C=O) groups is 2. The third kappa shape index (κ3) is 2.02. The molecule has 1 aromatic heterocycles. The lowest BCUT2D eigenvalue weighted by Crippen LogP contribution is -2.04. The fourth-order valence-corrected chi connectivity index (χ4v) is 1.71. The molecule has 1 N–H and O–H groups in total. The zero-order chi connectivity index (χ0) is 13.3. The molecule has 0 atom stereocenters. The summed E-state index contributed by atoms with van der Waals surface area (Å²) in [6.45, 7) is 1.64. The molecule has 0 radical (unpaired) electrons. The normalized spacial score (nSPS) is 10.3. The third-order valence-corrected chi connectivity index (χ3v) is 2.46. The Morgan fingerprint density at radius 3 is 2.67 bits per heavy atom. The van der Waals surface area contributed by atoms with E-state index in [0.717, 1.165) is 6.07 Å². The molecule has 18 heavy (non-hydrogen) atoms. The summed E-state index contributed by atoms with van der Waals surface area (Å²) >= 11 is 0. The van der Waals surface area contributed by atoms with Gasteiger partial charge in [-0.05, 0) is 36.8 Å². The van der Waals surface area contributed by atoms with E-state index >= 15 is 0 Å². The number of hydrogen-bond donors (Lipinski definition) is 1. The maximum Gasteiger partial charge on any atom is 0.339 e. The maximum absolute atomic E-state index is 13.6. The Kier molecular flexibility index (Phi) is 2.97. The Balaban J connectivity index is 2.68. The Morgan fingerprint density at radius 2 is 2.11 bits per heavy atom. The molecule has 0 unspecified atom stereocenters. The van der Waals surface area contributed by atoms with Crippen molar-refractivity contribution in [2.45, 2.75) is 6.92 Å². The van der Waals surface area contributed by atoms with Crippen LogP contribution in [0.3, 0.4) is 0 Å². The molecule has 2 rings (SSSR count). The Bertz CT molecular complexity index is 628. The van der Waals surface area contributed by atoms with Gasteiger partial charge in [-0.1, -0.05) is 0 Å². The highest BCUT2D eigenvalue weighted by Crippen LogP contribution is 2.28. The van der Waals surface area contributed by atoms with Crippen LogP contribution >= 0.6 is 0 Å². The lowest BCUT2D eigenvalue weighted by molar-refractivity contribution is 0.0692. The van der Waals surface area contributed by atoms with Gasteiger partial charge < -0.3 is 9.52 Å². The number of aromatic carboxylic acids is 1. The van der Waals surface area contributed by atoms with E-state index in [1.807, 2.05) is 0 Å². The molecule has 1 aromatic carbocycles. The molecule has 4 nitrogen and oxygen atoms in total. The Hall–Kier alpha value is -2.43. The number of aryl methyl sites for hydroxylation is 1. The van der Waals surface area contributed by atoms with Gasteiger partial charge in [0.25, 0.3) is 0 Å². The van der Waals surface area contributed by atoms with E-state index in [-0.39, 0.29) is 17.1 Å². The number of halogens is 1. The number of benzene rings is 1. The van der Waals surface area contributed by atoms with Gasteiger partial charge >= 0.3 is 5.97 Å². The summed E-state index contributed by atoms with van der Waals surface area (Å²) in [4.78, 5) is 21.6. The summed E-state index contributed by atoms with van der Waals surface area (Å²) < 4.78 is 18.8. The quantitative estimate of drug-likeness (QED) is 0.848. The fourth-order valence-electron chi connectivity index (χ4n) is 1.71. The molecule has 0 fully saturated rings. The number of carbonyl (C=O) groups excluding carboxylic acids is 1. The third-order valence-electron chi connectivity index (χ3n) is 2.46. The number of carboxylic acid groups (broad SMARTS) is 1. The van der Waals surface area contributed by atoms with E-state index in [2.05, 4.69) is 0 Å². The van der Waals surface area contributed by atoms with E-state index in [1.165, 1.54) is 18.2 Å². The van der Waals surface area contributed by atoms with E-state index in [1.54, 1.807) is 6.92 Å². The fraction of sp³-hybridized carbons (Fsp3) is 0.0769. The largest absolute Gasteiger partial charge is 0.478 e. The maximum atomic E-state index is 13.6. The predicted octanol–water partition coefficient (Wildman–Crippen LogP) is 2.90. The highest BCUT2D eigenvalue weighted by Gasteiger charge is 2.20. The van der Waals surface area contributed by atoms with E-state index in [9.17, 15) is 14.0 Å². The van der Waals surface area contributed by atoms with Crippen molar-refractivity contribution < 1.29 is 23.5 Å². The van der Waals surface area contributed by atoms with Gasteiger partial charge in [0, 0.05) is 5.56 Å². The van der Waals surface area contributed by atoms with Crippen LogP contribution in [-0.2, 0) is 0 Å². The summed E-state index contributed by atoms with van der Waals surface area (Å²) in [6, 6.07) is 5.47. The smallest absolute Gasteiger partial charge is 0.339 e. The van der Waals surface area contributed by atoms with Crippen molar-refractivity contribution in [1.29, 1.82) is 0 Å². The number of aldehydes is 1. The minimum atomic E-state index is -1.38. The molecule has 0 aliphatic rings. The number of rotatable bonds is 3. The lowest BCUT2D eigenvalue weighted by atomic mass is 10.0. The topological polar surface area (TPSA) is 67.5 Å². The van der Waals surface area contributed by atoms with E-state index < -0.39 is 17.3 Å². The van der Waals surface area contributed by atoms with Crippen LogP contribution < -0.4 is 0 Å². The van der Waals surface area contributed by atoms with Crippen molar-refractivity contribution in [3.8, 4) is 11.3 Å². The number of hydrogen-bond acceptors (Lipinski definition) is 3. The standard InChI is InChI=1S/C13H9FO4/c1-7-4-9(11-3-2-8(6-15)18-11)12(13(16)17)10(14)5-7/h2-6H,1H3,(H,16,17). The van der Waals surface area contributed by atoms with Gasteiger partial charge in [0.05, 0.1) is 0 Å². The molecule has 1 heterocycles. The molecule has 5 heteroatoms. The zero-order valence-electron chi connectivity index (χ0n) is 9.44. The van der Waals surface area contributed by atoms with Crippen LogP contribution in [0.4, 0.5) is 4.39 Å². The molecule has 0 saturated carbocycles. The first-order valence-electron chi connectivity index (χ1n) is 5.11. The average molecular weight is 248 g/mol. The van der Waals surface area contributed by atoms with Crippen molar-refractivity contribution in [2.75, 3.05) is 0 Å². The van der Waals surface area contributed by atoms with Gasteiger partial charge in [-0.3, -0.25) is 4.79 Å². The monoisotopic (exact) mass is 248 g/mol. The van der Waals surface area contributed by atoms with Crippen LogP contribution in [0.25, 0.3) is 11.3 Å². The predicted molar refractivity (Wildman–Crippen MR) is 61.2 cm³/mol. The molecule has 0 amide bonds. The molecule has 0 bridgehead atoms. The van der Waals surface area contributed by atoms with E-state index in [4.69, 9.17) is 9.52 Å². The van der Waals surface area contributed by atoms with Gasteiger partial charge in [-0.2, -0.15) is 0 Å². The Morgan fingerprint density at radius 1 is 1.39 bits per heavy atom. The van der Waals surface area contributed by atoms with Gasteiger partial charge in [0.1, 0.15) is 17.1 Å². The minimum absolute atomic E-state index is 0.0586. The molecule has 92 valence electrons. The number of carboxylic acids is 1. The zero-order valence-corrected chi connectivity index (χ0v) is 9.44. The van der Waals surface area contributed by atoms with Crippen molar-refractivity contribution >= 4 is 12.3 Å². The average Bonchev–Trinajstić information content (AvgIpc) is 2.75. The highest BCUT2D eigenvalue weighted by atomic mass is 19.1. The van der Waals surface area contributed by atoms with Crippen molar-refractivity contribution in [3.05, 3.63) is 47.0 Å². The van der Waals surface area contributed by atoms with Crippen molar-refractivity contribution in [2.24, 2.45) is 0 Å². The molecule has 0 saturated heterocycles. The van der Waals surface area contributed by atoms with Gasteiger partial charge in [0.2, 0.25) is 0 Å². The van der Waals surface area contributed by atoms with E-state index in [0.29, 0.717) is 11.8 Å². The van der Waals surface area contributed by atoms with Crippen LogP contribution in [0, 0.1) is 12.7 Å². The lowest BCUT2D eigenvalue weighted by Gasteiger charge is -2.06. The molecule has 0 aliphatic heterocycles. The van der Waals surface area contributed by atoms with Gasteiger partial charge in [0.15, 0.2) is 12.0 Å². The summed E-state index contributed by atoms with van der Waals surface area (Å²) in [5, 5.41) is 9.01. The van der Waals surface area contributed by atoms with Crippen LogP contribution in [-0.4, -0.2) is 17.4 Å². The second-order valence-corrected chi connectivity index (χ2v) is 3.79. The van der Waals surface area contributed by atoms with Gasteiger partial charge in [-0.25, -0.2) is 9.18 Å². The molecular formula is C13H9FO4. The summed E-state index contributed by atoms with van der Waals surface area (Å²) in [5.74, 6) is -2.01. The van der Waals surface area contributed by atoms with Crippen molar-refractivity contribution in [1.82, 2.24) is 0 Å². The summed E-state index contributed by atoms with van der Waals surface area (Å²) in [5.41, 5.74) is 0.219. The van der Waals surface area contributed by atoms with Crippen LogP contribution in [0.15, 0.2) is 28.7 Å². The second-order valence-electron chi connectivity index (χ2n) is 3.79. The van der Waals surface area contributed by atoms with Crippen LogP contribution in [0.1, 0.15) is 26.5 Å². The molecular weight excluding hydrogens is 239 g/mol. The van der Waals surface area contributed by atoms with Crippen LogP contribution in [0.2, 0.25) is 0 Å². The molecule has 2 aromatic rings. The number of furan rings is 1. The van der Waals surface area contributed by atoms with Crippen molar-refractivity contribution in [3.63, 3.8) is 0 Å².